The van der Waals surface area contributed by atoms with Gasteiger partial charge in [0.25, 0.3) is 0 Å². The van der Waals surface area contributed by atoms with Crippen LogP contribution in [-0.4, -0.2) is 30.3 Å². The number of carbonyl (C=O) groups excluding carboxylic acids is 1. The molecule has 0 amide bonds. The van der Waals surface area contributed by atoms with Gasteiger partial charge >= 0.3 is 0 Å². The fourth-order valence-electron chi connectivity index (χ4n) is 4.15. The van der Waals surface area contributed by atoms with E-state index < -0.39 is 0 Å². The van der Waals surface area contributed by atoms with Crippen molar-refractivity contribution in [2.75, 3.05) is 13.2 Å². The van der Waals surface area contributed by atoms with Crippen molar-refractivity contribution in [3.05, 3.63) is 30.3 Å². The number of ketones is 1. The van der Waals surface area contributed by atoms with Gasteiger partial charge in [-0.25, -0.2) is 0 Å². The van der Waals surface area contributed by atoms with Crippen molar-refractivity contribution in [1.82, 2.24) is 0 Å². The number of hydrogen-bond donors (Lipinski definition) is 0. The molecule has 3 atom stereocenters. The maximum Gasteiger partial charge on any atom is 0.145 e. The van der Waals surface area contributed by atoms with E-state index in [0.29, 0.717) is 25.6 Å². The molecule has 0 N–H and O–H groups in total. The molecule has 0 saturated heterocycles. The summed E-state index contributed by atoms with van der Waals surface area (Å²) < 4.78 is 12.0. The zero-order chi connectivity index (χ0) is 21.9. The lowest BCUT2D eigenvalue weighted by Crippen LogP contribution is -2.36. The number of para-hydroxylation sites is 1. The van der Waals surface area contributed by atoms with E-state index in [4.69, 9.17) is 9.47 Å². The number of rotatable bonds is 15. The zero-order valence-electron chi connectivity index (χ0n) is 19.5. The Kier molecular flexibility index (Phi) is 11.4. The van der Waals surface area contributed by atoms with Gasteiger partial charge in [0.2, 0.25) is 0 Å². The van der Waals surface area contributed by atoms with Gasteiger partial charge in [-0.15, -0.1) is 9.24 Å². The molecular formula is C25H43O3P. The molecule has 0 aromatic heterocycles. The second-order valence-corrected chi connectivity index (χ2v) is 10.3. The number of hydrogen-bond acceptors (Lipinski definition) is 3. The summed E-state index contributed by atoms with van der Waals surface area (Å²) >= 11 is 0. The van der Waals surface area contributed by atoms with E-state index in [0.717, 1.165) is 37.9 Å². The standard InChI is InChI=1S/C25H43O3P/c1-7-25(8-2,9-3)19-22(17-23(26)24(6,29)18-20(4)5)28-16-15-27-21-13-11-10-12-14-21/h10-14,20,22H,7-9,15-19,29H2,1-6H3. The molecule has 0 heterocycles. The van der Waals surface area contributed by atoms with Crippen molar-refractivity contribution in [2.24, 2.45) is 11.3 Å². The van der Waals surface area contributed by atoms with Gasteiger partial charge in [-0.3, -0.25) is 4.79 Å². The summed E-state index contributed by atoms with van der Waals surface area (Å²) in [7, 11) is 2.80. The Balaban J connectivity index is 2.75. The van der Waals surface area contributed by atoms with E-state index in [1.807, 2.05) is 37.3 Å². The lowest BCUT2D eigenvalue weighted by atomic mass is 9.74. The van der Waals surface area contributed by atoms with Gasteiger partial charge in [0, 0.05) is 11.6 Å². The minimum Gasteiger partial charge on any atom is -0.491 e. The lowest BCUT2D eigenvalue weighted by Gasteiger charge is -2.35. The largest absolute Gasteiger partial charge is 0.491 e. The first-order valence-corrected chi connectivity index (χ1v) is 11.9. The van der Waals surface area contributed by atoms with Gasteiger partial charge < -0.3 is 9.47 Å². The van der Waals surface area contributed by atoms with E-state index in [1.165, 1.54) is 0 Å². The molecule has 29 heavy (non-hydrogen) atoms. The van der Waals surface area contributed by atoms with Crippen molar-refractivity contribution in [2.45, 2.75) is 91.3 Å². The lowest BCUT2D eigenvalue weighted by molar-refractivity contribution is -0.125. The second kappa shape index (κ2) is 12.7. The van der Waals surface area contributed by atoms with Crippen molar-refractivity contribution in [1.29, 1.82) is 0 Å². The molecule has 0 spiro atoms. The fourth-order valence-corrected chi connectivity index (χ4v) is 4.74. The summed E-state index contributed by atoms with van der Waals surface area (Å²) in [6.07, 6.45) is 5.54. The Bertz CT molecular complexity index is 571. The smallest absolute Gasteiger partial charge is 0.145 e. The maximum atomic E-state index is 13.1. The molecule has 4 heteroatoms. The monoisotopic (exact) mass is 422 g/mol. The van der Waals surface area contributed by atoms with E-state index in [-0.39, 0.29) is 22.5 Å². The van der Waals surface area contributed by atoms with Crippen LogP contribution in [-0.2, 0) is 9.53 Å². The molecule has 1 aromatic carbocycles. The first-order chi connectivity index (χ1) is 13.7. The Hall–Kier alpha value is -0.920. The van der Waals surface area contributed by atoms with Crippen molar-refractivity contribution in [3.63, 3.8) is 0 Å². The third kappa shape index (κ3) is 9.18. The van der Waals surface area contributed by atoms with Crippen molar-refractivity contribution < 1.29 is 14.3 Å². The highest BCUT2D eigenvalue weighted by Gasteiger charge is 2.34. The number of Topliss-reactive ketones (excluding diaryl/α,β-unsaturated/α-hetero) is 1. The molecule has 0 aliphatic carbocycles. The summed E-state index contributed by atoms with van der Waals surface area (Å²) in [5.41, 5.74) is 0.237. The van der Waals surface area contributed by atoms with E-state index in [2.05, 4.69) is 43.9 Å². The minimum absolute atomic E-state index is 0.0613. The van der Waals surface area contributed by atoms with Gasteiger partial charge in [-0.2, -0.15) is 0 Å². The van der Waals surface area contributed by atoms with Crippen LogP contribution in [0.2, 0.25) is 0 Å². The van der Waals surface area contributed by atoms with Gasteiger partial charge in [0.05, 0.1) is 12.7 Å². The Morgan fingerprint density at radius 3 is 2.10 bits per heavy atom. The Morgan fingerprint density at radius 1 is 1.00 bits per heavy atom. The van der Waals surface area contributed by atoms with Crippen molar-refractivity contribution >= 4 is 15.0 Å². The average Bonchev–Trinajstić information content (AvgIpc) is 2.69. The van der Waals surface area contributed by atoms with E-state index in [1.54, 1.807) is 0 Å². The Morgan fingerprint density at radius 2 is 1.59 bits per heavy atom. The summed E-state index contributed by atoms with van der Waals surface area (Å²) in [6, 6.07) is 9.79. The van der Waals surface area contributed by atoms with Crippen LogP contribution in [0.3, 0.4) is 0 Å². The summed E-state index contributed by atoms with van der Waals surface area (Å²) in [4.78, 5) is 13.1. The molecule has 0 bridgehead atoms. The SMILES string of the molecule is CCC(CC)(CC)CC(CC(=O)C(C)(P)CC(C)C)OCCOc1ccccc1. The quantitative estimate of drug-likeness (QED) is 0.233. The molecule has 3 unspecified atom stereocenters. The van der Waals surface area contributed by atoms with Crippen LogP contribution in [0.1, 0.15) is 80.1 Å². The minimum atomic E-state index is -0.385. The normalized spacial score (nSPS) is 15.2. The highest BCUT2D eigenvalue weighted by molar-refractivity contribution is 7.21. The third-order valence-electron chi connectivity index (χ3n) is 6.24. The van der Waals surface area contributed by atoms with Crippen molar-refractivity contribution in [3.8, 4) is 5.75 Å². The molecule has 0 radical (unpaired) electrons. The molecule has 0 aliphatic rings. The first kappa shape index (κ1) is 26.1. The highest BCUT2D eigenvalue weighted by Crippen LogP contribution is 2.38. The van der Waals surface area contributed by atoms with E-state index >= 15 is 0 Å². The molecular weight excluding hydrogens is 379 g/mol. The molecule has 3 nitrogen and oxygen atoms in total. The topological polar surface area (TPSA) is 35.5 Å². The number of carbonyl (C=O) groups is 1. The van der Waals surface area contributed by atoms with Crippen LogP contribution < -0.4 is 4.74 Å². The van der Waals surface area contributed by atoms with Crippen LogP contribution in [0.5, 0.6) is 5.75 Å². The summed E-state index contributed by atoms with van der Waals surface area (Å²) in [6.45, 7) is 14.1. The highest BCUT2D eigenvalue weighted by atomic mass is 31.0. The summed E-state index contributed by atoms with van der Waals surface area (Å²) in [5, 5.41) is -0.385. The molecule has 0 fully saturated rings. The first-order valence-electron chi connectivity index (χ1n) is 11.3. The van der Waals surface area contributed by atoms with Gasteiger partial charge in [-0.1, -0.05) is 72.1 Å². The predicted molar refractivity (Wildman–Crippen MR) is 127 cm³/mol. The zero-order valence-corrected chi connectivity index (χ0v) is 20.7. The van der Waals surface area contributed by atoms with Gasteiger partial charge in [0.15, 0.2) is 0 Å². The van der Waals surface area contributed by atoms with Gasteiger partial charge in [0.1, 0.15) is 18.1 Å². The Labute approximate surface area is 181 Å². The summed E-state index contributed by atoms with van der Waals surface area (Å²) in [5.74, 6) is 1.62. The predicted octanol–water partition coefficient (Wildman–Crippen LogP) is 6.70. The fraction of sp³-hybridized carbons (Fsp3) is 0.720. The average molecular weight is 423 g/mol. The van der Waals surface area contributed by atoms with Crippen LogP contribution >= 0.6 is 9.24 Å². The number of ether oxygens (including phenoxy) is 2. The third-order valence-corrected chi connectivity index (χ3v) is 6.80. The van der Waals surface area contributed by atoms with Crippen LogP contribution in [0.4, 0.5) is 0 Å². The number of benzene rings is 1. The molecule has 166 valence electrons. The molecule has 0 saturated carbocycles. The van der Waals surface area contributed by atoms with Gasteiger partial charge in [-0.05, 0) is 43.2 Å². The van der Waals surface area contributed by atoms with Crippen LogP contribution in [0, 0.1) is 11.3 Å². The van der Waals surface area contributed by atoms with Crippen LogP contribution in [0.15, 0.2) is 30.3 Å². The second-order valence-electron chi connectivity index (χ2n) is 9.06. The maximum absolute atomic E-state index is 13.1. The molecule has 1 rings (SSSR count). The molecule has 1 aromatic rings. The van der Waals surface area contributed by atoms with Crippen LogP contribution in [0.25, 0.3) is 0 Å². The molecule has 0 aliphatic heterocycles. The van der Waals surface area contributed by atoms with E-state index in [9.17, 15) is 4.79 Å².